The number of hydrogen-bond donors (Lipinski definition) is 2. The van der Waals surface area contributed by atoms with E-state index in [0.29, 0.717) is 26.1 Å². The molecule has 1 saturated heterocycles. The van der Waals surface area contributed by atoms with Gasteiger partial charge in [0, 0.05) is 31.3 Å². The number of aromatic amines is 1. The number of aliphatic hydroxyl groups is 1. The van der Waals surface area contributed by atoms with Crippen LogP contribution in [0.25, 0.3) is 0 Å². The van der Waals surface area contributed by atoms with Crippen LogP contribution in [0.5, 0.6) is 5.75 Å². The van der Waals surface area contributed by atoms with E-state index >= 15 is 0 Å². The lowest BCUT2D eigenvalue weighted by atomic mass is 9.71. The second-order valence-electron chi connectivity index (χ2n) is 7.90. The number of nitrogens with one attached hydrogen (secondary N) is 1. The molecule has 0 radical (unpaired) electrons. The summed E-state index contributed by atoms with van der Waals surface area (Å²) in [5.41, 5.74) is 0.287. The molecule has 2 heterocycles. The van der Waals surface area contributed by atoms with Gasteiger partial charge in [0.1, 0.15) is 12.3 Å². The van der Waals surface area contributed by atoms with E-state index in [0.717, 1.165) is 31.2 Å². The second-order valence-corrected chi connectivity index (χ2v) is 7.90. The van der Waals surface area contributed by atoms with Crippen LogP contribution in [-0.2, 0) is 6.61 Å². The summed E-state index contributed by atoms with van der Waals surface area (Å²) in [6.45, 7) is 1.35. The van der Waals surface area contributed by atoms with Gasteiger partial charge in [0.05, 0.1) is 5.60 Å². The van der Waals surface area contributed by atoms with Crippen LogP contribution in [0.1, 0.15) is 48.2 Å². The maximum Gasteiger partial charge on any atom is 0.270 e. The van der Waals surface area contributed by atoms with Crippen LogP contribution in [0.15, 0.2) is 47.4 Å². The summed E-state index contributed by atoms with van der Waals surface area (Å²) in [7, 11) is 0. The van der Waals surface area contributed by atoms with Gasteiger partial charge in [-0.25, -0.2) is 0 Å². The molecule has 0 bridgehead atoms. The van der Waals surface area contributed by atoms with Crippen molar-refractivity contribution in [3.05, 3.63) is 64.1 Å². The summed E-state index contributed by atoms with van der Waals surface area (Å²) < 4.78 is 5.59. The molecule has 2 fully saturated rings. The van der Waals surface area contributed by atoms with Crippen LogP contribution in [0.2, 0.25) is 0 Å². The predicted molar refractivity (Wildman–Crippen MR) is 105 cm³/mol. The maximum atomic E-state index is 12.9. The molecule has 28 heavy (non-hydrogen) atoms. The van der Waals surface area contributed by atoms with Crippen LogP contribution < -0.4 is 10.2 Å². The quantitative estimate of drug-likeness (QED) is 0.852. The minimum Gasteiger partial charge on any atom is -0.483 e. The number of piperidine rings is 1. The third kappa shape index (κ3) is 3.83. The first kappa shape index (κ1) is 18.7. The molecule has 6 heteroatoms. The van der Waals surface area contributed by atoms with Crippen LogP contribution in [0.3, 0.4) is 0 Å². The van der Waals surface area contributed by atoms with Crippen LogP contribution >= 0.6 is 0 Å². The monoisotopic (exact) mass is 382 g/mol. The third-order valence-electron chi connectivity index (χ3n) is 6.06. The average Bonchev–Trinajstić information content (AvgIpc) is 2.72. The van der Waals surface area contributed by atoms with Gasteiger partial charge < -0.3 is 19.7 Å². The highest BCUT2D eigenvalue weighted by Gasteiger charge is 2.43. The molecule has 1 aromatic heterocycles. The summed E-state index contributed by atoms with van der Waals surface area (Å²) in [5, 5.41) is 10.8. The smallest absolute Gasteiger partial charge is 0.270 e. The molecule has 148 valence electrons. The van der Waals surface area contributed by atoms with Crippen molar-refractivity contribution in [3.63, 3.8) is 0 Å². The van der Waals surface area contributed by atoms with Crippen molar-refractivity contribution >= 4 is 5.91 Å². The molecule has 0 spiro atoms. The summed E-state index contributed by atoms with van der Waals surface area (Å²) in [5.74, 6) is 0.124. The van der Waals surface area contributed by atoms with Gasteiger partial charge >= 0.3 is 0 Å². The Kier molecular flexibility index (Phi) is 5.22. The number of benzene rings is 1. The van der Waals surface area contributed by atoms with E-state index in [4.69, 9.17) is 4.74 Å². The van der Waals surface area contributed by atoms with Gasteiger partial charge in [-0.2, -0.15) is 0 Å². The fourth-order valence-electron chi connectivity index (χ4n) is 4.36. The van der Waals surface area contributed by atoms with Gasteiger partial charge in [-0.1, -0.05) is 43.2 Å². The van der Waals surface area contributed by atoms with Crippen molar-refractivity contribution in [1.82, 2.24) is 9.88 Å². The zero-order chi connectivity index (χ0) is 19.6. The second kappa shape index (κ2) is 7.80. The summed E-state index contributed by atoms with van der Waals surface area (Å²) in [6.07, 6.45) is 5.98. The van der Waals surface area contributed by atoms with E-state index in [1.54, 1.807) is 4.90 Å². The highest BCUT2D eigenvalue weighted by Crippen LogP contribution is 2.39. The summed E-state index contributed by atoms with van der Waals surface area (Å²) >= 11 is 0. The third-order valence-corrected chi connectivity index (χ3v) is 6.06. The number of amides is 1. The molecule has 1 aromatic carbocycles. The first-order chi connectivity index (χ1) is 13.5. The average molecular weight is 382 g/mol. The fourth-order valence-corrected chi connectivity index (χ4v) is 4.36. The molecule has 1 saturated carbocycles. The first-order valence-electron chi connectivity index (χ1n) is 9.96. The number of fused-ring (bicyclic) bond motifs is 1. The first-order valence-corrected chi connectivity index (χ1v) is 9.96. The van der Waals surface area contributed by atoms with Crippen molar-refractivity contribution in [1.29, 1.82) is 0 Å². The van der Waals surface area contributed by atoms with Gasteiger partial charge in [0.15, 0.2) is 5.75 Å². The standard InChI is InChI=1S/C22H26N2O4/c25-19-12-18(23-13-20(19)28-15-16-6-2-1-3-7-16)21(26)24-11-10-22(27)9-5-4-8-17(22)14-24/h1-3,6-7,12-13,17,27H,4-5,8-11,14-15H2,(H,23,25). The van der Waals surface area contributed by atoms with Gasteiger partial charge in [-0.3, -0.25) is 9.59 Å². The van der Waals surface area contributed by atoms with E-state index in [9.17, 15) is 14.7 Å². The minimum atomic E-state index is -0.627. The van der Waals surface area contributed by atoms with Crippen LogP contribution in [-0.4, -0.2) is 39.6 Å². The van der Waals surface area contributed by atoms with Gasteiger partial charge in [-0.15, -0.1) is 0 Å². The molecule has 1 amide bonds. The Labute approximate surface area is 164 Å². The Hall–Kier alpha value is -2.60. The molecule has 1 aliphatic carbocycles. The lowest BCUT2D eigenvalue weighted by Crippen LogP contribution is -2.54. The zero-order valence-corrected chi connectivity index (χ0v) is 15.9. The normalized spacial score (nSPS) is 24.5. The zero-order valence-electron chi connectivity index (χ0n) is 15.9. The number of nitrogens with zero attached hydrogens (tertiary/aromatic N) is 1. The molecule has 6 nitrogen and oxygen atoms in total. The molecule has 2 N–H and O–H groups in total. The number of rotatable bonds is 4. The molecule has 1 aliphatic heterocycles. The number of carbonyl (C=O) groups is 1. The number of likely N-dealkylation sites (tertiary alicyclic amines) is 1. The number of pyridine rings is 1. The van der Waals surface area contributed by atoms with Crippen molar-refractivity contribution in [2.75, 3.05) is 13.1 Å². The Morgan fingerprint density at radius 1 is 1.25 bits per heavy atom. The van der Waals surface area contributed by atoms with E-state index in [-0.39, 0.29) is 28.7 Å². The molecule has 2 aromatic rings. The molecular weight excluding hydrogens is 356 g/mol. The molecule has 2 aliphatic rings. The van der Waals surface area contributed by atoms with Gasteiger partial charge in [0.25, 0.3) is 5.91 Å². The number of ether oxygens (including phenoxy) is 1. The predicted octanol–water partition coefficient (Wildman–Crippen LogP) is 2.72. The lowest BCUT2D eigenvalue weighted by Gasteiger charge is -2.47. The SMILES string of the molecule is O=C(c1cc(=O)c(OCc2ccccc2)c[nH]1)N1CCC2(O)CCCCC2C1. The molecule has 4 rings (SSSR count). The topological polar surface area (TPSA) is 82.6 Å². The maximum absolute atomic E-state index is 12.9. The highest BCUT2D eigenvalue weighted by molar-refractivity contribution is 5.92. The van der Waals surface area contributed by atoms with E-state index in [1.807, 2.05) is 30.3 Å². The van der Waals surface area contributed by atoms with Crippen molar-refractivity contribution in [2.24, 2.45) is 5.92 Å². The fraction of sp³-hybridized carbons (Fsp3) is 0.455. The van der Waals surface area contributed by atoms with E-state index in [1.165, 1.54) is 12.3 Å². The Morgan fingerprint density at radius 3 is 2.86 bits per heavy atom. The van der Waals surface area contributed by atoms with Gasteiger partial charge in [0.2, 0.25) is 5.43 Å². The summed E-state index contributed by atoms with van der Waals surface area (Å²) in [6, 6.07) is 10.9. The lowest BCUT2D eigenvalue weighted by molar-refractivity contribution is -0.0886. The highest BCUT2D eigenvalue weighted by atomic mass is 16.5. The number of hydrogen-bond acceptors (Lipinski definition) is 4. The van der Waals surface area contributed by atoms with Crippen molar-refractivity contribution < 1.29 is 14.6 Å². The molecule has 2 unspecified atom stereocenters. The molecule has 2 atom stereocenters. The Balaban J connectivity index is 1.42. The number of carbonyl (C=O) groups excluding carboxylic acids is 1. The van der Waals surface area contributed by atoms with E-state index < -0.39 is 5.60 Å². The van der Waals surface area contributed by atoms with Crippen LogP contribution in [0.4, 0.5) is 0 Å². The summed E-state index contributed by atoms with van der Waals surface area (Å²) in [4.78, 5) is 29.9. The largest absolute Gasteiger partial charge is 0.483 e. The number of aromatic nitrogens is 1. The number of H-pyrrole nitrogens is 1. The Morgan fingerprint density at radius 2 is 2.07 bits per heavy atom. The van der Waals surface area contributed by atoms with Gasteiger partial charge in [-0.05, 0) is 24.8 Å². The Bertz CT molecular complexity index is 895. The molecular formula is C22H26N2O4. The van der Waals surface area contributed by atoms with Crippen molar-refractivity contribution in [3.8, 4) is 5.75 Å². The van der Waals surface area contributed by atoms with Crippen molar-refractivity contribution in [2.45, 2.75) is 44.3 Å². The van der Waals surface area contributed by atoms with Crippen LogP contribution in [0, 0.1) is 5.92 Å². The minimum absolute atomic E-state index is 0.124. The van der Waals surface area contributed by atoms with E-state index in [2.05, 4.69) is 4.98 Å².